The van der Waals surface area contributed by atoms with E-state index >= 15 is 0 Å². The second-order valence-electron chi connectivity index (χ2n) is 3.35. The van der Waals surface area contributed by atoms with Gasteiger partial charge in [0, 0.05) is 17.0 Å². The molecule has 0 unspecified atom stereocenters. The highest BCUT2D eigenvalue weighted by molar-refractivity contribution is 8.03. The molecule has 1 nitrogen and oxygen atoms in total. The third-order valence-corrected chi connectivity index (χ3v) is 3.33. The van der Waals surface area contributed by atoms with Gasteiger partial charge in [-0.05, 0) is 23.5 Å². The number of nitrogens with two attached hydrogens (primary N) is 1. The standard InChI is InChI=1S/C12H13NS/c1-9-6-7-10(8-14-9)11-4-2-3-5-12(11)13/h2-7H,8,13H2,1H3. The maximum absolute atomic E-state index is 5.92. The fourth-order valence-corrected chi connectivity index (χ4v) is 2.26. The third-order valence-electron chi connectivity index (χ3n) is 2.28. The van der Waals surface area contributed by atoms with Gasteiger partial charge in [0.15, 0.2) is 0 Å². The van der Waals surface area contributed by atoms with Crippen molar-refractivity contribution in [2.75, 3.05) is 11.5 Å². The second-order valence-corrected chi connectivity index (χ2v) is 4.57. The first kappa shape index (κ1) is 9.41. The number of nitrogen functional groups attached to an aromatic ring is 1. The van der Waals surface area contributed by atoms with Gasteiger partial charge in [-0.15, -0.1) is 11.8 Å². The van der Waals surface area contributed by atoms with E-state index in [0.29, 0.717) is 0 Å². The molecule has 1 heterocycles. The van der Waals surface area contributed by atoms with Crippen LogP contribution in [0.1, 0.15) is 12.5 Å². The van der Waals surface area contributed by atoms with Crippen LogP contribution in [0.25, 0.3) is 5.57 Å². The number of anilines is 1. The maximum atomic E-state index is 5.92. The monoisotopic (exact) mass is 203 g/mol. The second kappa shape index (κ2) is 3.93. The molecule has 2 heteroatoms. The van der Waals surface area contributed by atoms with Gasteiger partial charge < -0.3 is 5.73 Å². The molecule has 0 amide bonds. The molecule has 0 aromatic heterocycles. The lowest BCUT2D eigenvalue weighted by Crippen LogP contribution is -1.97. The van der Waals surface area contributed by atoms with Crippen LogP contribution < -0.4 is 5.73 Å². The molecule has 72 valence electrons. The highest BCUT2D eigenvalue weighted by atomic mass is 32.2. The largest absolute Gasteiger partial charge is 0.398 e. The van der Waals surface area contributed by atoms with Crippen molar-refractivity contribution in [2.24, 2.45) is 0 Å². The molecule has 2 rings (SSSR count). The summed E-state index contributed by atoms with van der Waals surface area (Å²) >= 11 is 1.87. The fraction of sp³-hybridized carbons (Fsp3) is 0.167. The Bertz CT molecular complexity index is 405. The number of benzene rings is 1. The Hall–Kier alpha value is -1.15. The molecule has 0 bridgehead atoms. The van der Waals surface area contributed by atoms with E-state index in [4.69, 9.17) is 5.73 Å². The molecule has 1 aliphatic heterocycles. The number of hydrogen-bond donors (Lipinski definition) is 1. The molecular weight excluding hydrogens is 190 g/mol. The van der Waals surface area contributed by atoms with Crippen LogP contribution in [0, 0.1) is 0 Å². The number of thioether (sulfide) groups is 1. The minimum Gasteiger partial charge on any atom is -0.398 e. The lowest BCUT2D eigenvalue weighted by molar-refractivity contribution is 1.54. The van der Waals surface area contributed by atoms with Gasteiger partial charge in [0.1, 0.15) is 0 Å². The number of para-hydroxylation sites is 1. The zero-order valence-corrected chi connectivity index (χ0v) is 8.97. The van der Waals surface area contributed by atoms with Crippen LogP contribution in [0.2, 0.25) is 0 Å². The first-order chi connectivity index (χ1) is 6.77. The molecular formula is C12H13NS. The van der Waals surface area contributed by atoms with Crippen molar-refractivity contribution in [1.29, 1.82) is 0 Å². The third kappa shape index (κ3) is 1.85. The maximum Gasteiger partial charge on any atom is 0.0390 e. The van der Waals surface area contributed by atoms with Gasteiger partial charge in [-0.2, -0.15) is 0 Å². The number of hydrogen-bond acceptors (Lipinski definition) is 2. The molecule has 0 saturated heterocycles. The van der Waals surface area contributed by atoms with E-state index in [1.54, 1.807) is 0 Å². The zero-order chi connectivity index (χ0) is 9.97. The van der Waals surface area contributed by atoms with E-state index in [9.17, 15) is 0 Å². The van der Waals surface area contributed by atoms with Gasteiger partial charge in [-0.25, -0.2) is 0 Å². The highest BCUT2D eigenvalue weighted by Gasteiger charge is 2.08. The Balaban J connectivity index is 2.37. The van der Waals surface area contributed by atoms with Crippen LogP contribution in [0.3, 0.4) is 0 Å². The Morgan fingerprint density at radius 2 is 2.00 bits per heavy atom. The van der Waals surface area contributed by atoms with Crippen molar-refractivity contribution in [3.63, 3.8) is 0 Å². The lowest BCUT2D eigenvalue weighted by atomic mass is 10.0. The van der Waals surface area contributed by atoms with Crippen molar-refractivity contribution in [3.05, 3.63) is 46.9 Å². The molecule has 0 saturated carbocycles. The molecule has 1 aromatic rings. The van der Waals surface area contributed by atoms with Gasteiger partial charge in [0.05, 0.1) is 0 Å². The summed E-state index contributed by atoms with van der Waals surface area (Å²) in [7, 11) is 0. The van der Waals surface area contributed by atoms with Crippen molar-refractivity contribution in [1.82, 2.24) is 0 Å². The van der Waals surface area contributed by atoms with Crippen LogP contribution in [-0.4, -0.2) is 5.75 Å². The average molecular weight is 203 g/mol. The van der Waals surface area contributed by atoms with Crippen LogP contribution in [0.5, 0.6) is 0 Å². The van der Waals surface area contributed by atoms with E-state index in [0.717, 1.165) is 11.4 Å². The normalized spacial score (nSPS) is 16.1. The minimum atomic E-state index is 0.868. The fourth-order valence-electron chi connectivity index (χ4n) is 1.46. The number of rotatable bonds is 1. The molecule has 0 aliphatic carbocycles. The first-order valence-electron chi connectivity index (χ1n) is 4.62. The van der Waals surface area contributed by atoms with Crippen LogP contribution >= 0.6 is 11.8 Å². The van der Waals surface area contributed by atoms with E-state index < -0.39 is 0 Å². The van der Waals surface area contributed by atoms with Crippen molar-refractivity contribution in [3.8, 4) is 0 Å². The van der Waals surface area contributed by atoms with Crippen LogP contribution in [0.4, 0.5) is 5.69 Å². The zero-order valence-electron chi connectivity index (χ0n) is 8.16. The highest BCUT2D eigenvalue weighted by Crippen LogP contribution is 2.31. The van der Waals surface area contributed by atoms with Crippen molar-refractivity contribution < 1.29 is 0 Å². The van der Waals surface area contributed by atoms with Crippen molar-refractivity contribution in [2.45, 2.75) is 6.92 Å². The summed E-state index contributed by atoms with van der Waals surface area (Å²) in [6.07, 6.45) is 4.31. The van der Waals surface area contributed by atoms with Crippen LogP contribution in [-0.2, 0) is 0 Å². The average Bonchev–Trinajstić information content (AvgIpc) is 2.20. The molecule has 0 fully saturated rings. The van der Waals surface area contributed by atoms with Gasteiger partial charge in [-0.1, -0.05) is 30.4 Å². The quantitative estimate of drug-likeness (QED) is 0.709. The van der Waals surface area contributed by atoms with Gasteiger partial charge >= 0.3 is 0 Å². The summed E-state index contributed by atoms with van der Waals surface area (Å²) in [6.45, 7) is 2.13. The van der Waals surface area contributed by atoms with Gasteiger partial charge in [0.2, 0.25) is 0 Å². The van der Waals surface area contributed by atoms with E-state index in [-0.39, 0.29) is 0 Å². The van der Waals surface area contributed by atoms with Gasteiger partial charge in [0.25, 0.3) is 0 Å². The van der Waals surface area contributed by atoms with Crippen LogP contribution in [0.15, 0.2) is 41.3 Å². The summed E-state index contributed by atoms with van der Waals surface area (Å²) < 4.78 is 0. The molecule has 0 atom stereocenters. The molecule has 14 heavy (non-hydrogen) atoms. The summed E-state index contributed by atoms with van der Waals surface area (Å²) in [5, 5.41) is 0. The molecule has 2 N–H and O–H groups in total. The minimum absolute atomic E-state index is 0.868. The lowest BCUT2D eigenvalue weighted by Gasteiger charge is -2.13. The SMILES string of the molecule is CC1=CC=C(c2ccccc2N)CS1. The predicted molar refractivity (Wildman–Crippen MR) is 65.0 cm³/mol. The Morgan fingerprint density at radius 3 is 2.64 bits per heavy atom. The molecule has 0 spiro atoms. The Morgan fingerprint density at radius 1 is 1.21 bits per heavy atom. The first-order valence-corrected chi connectivity index (χ1v) is 5.61. The summed E-state index contributed by atoms with van der Waals surface area (Å²) in [4.78, 5) is 1.36. The molecule has 0 radical (unpaired) electrons. The Kier molecular flexibility index (Phi) is 2.64. The smallest absolute Gasteiger partial charge is 0.0390 e. The molecule has 1 aromatic carbocycles. The van der Waals surface area contributed by atoms with Gasteiger partial charge in [-0.3, -0.25) is 0 Å². The van der Waals surface area contributed by atoms with E-state index in [1.807, 2.05) is 30.0 Å². The predicted octanol–water partition coefficient (Wildman–Crippen LogP) is 3.30. The topological polar surface area (TPSA) is 26.0 Å². The molecule has 1 aliphatic rings. The summed E-state index contributed by atoms with van der Waals surface area (Å²) in [5.74, 6) is 1.02. The number of allylic oxidation sites excluding steroid dienone is 3. The summed E-state index contributed by atoms with van der Waals surface area (Å²) in [6, 6.07) is 8.03. The van der Waals surface area contributed by atoms with Crippen molar-refractivity contribution >= 4 is 23.0 Å². The Labute approximate surface area is 88.7 Å². The summed E-state index contributed by atoms with van der Waals surface area (Å²) in [5.41, 5.74) is 9.27. The van der Waals surface area contributed by atoms with E-state index in [1.165, 1.54) is 16.0 Å². The van der Waals surface area contributed by atoms with E-state index in [2.05, 4.69) is 25.1 Å².